The lowest BCUT2D eigenvalue weighted by Gasteiger charge is -2.44. The first-order chi connectivity index (χ1) is 8.07. The van der Waals surface area contributed by atoms with E-state index in [2.05, 4.69) is 18.7 Å². The standard InChI is InChI=1S/C14H23NO2/c1-14(2)7-11-3-4-12(8-14)15(11)13(16)10-5-6-17-9-10/h10-12H,3-9H2,1-2H3. The van der Waals surface area contributed by atoms with Crippen LogP contribution in [0.5, 0.6) is 0 Å². The van der Waals surface area contributed by atoms with Gasteiger partial charge in [-0.2, -0.15) is 0 Å². The number of fused-ring (bicyclic) bond motifs is 2. The summed E-state index contributed by atoms with van der Waals surface area (Å²) in [6, 6.07) is 1.02. The summed E-state index contributed by atoms with van der Waals surface area (Å²) < 4.78 is 5.35. The largest absolute Gasteiger partial charge is 0.381 e. The van der Waals surface area contributed by atoms with Crippen molar-refractivity contribution in [2.75, 3.05) is 13.2 Å². The van der Waals surface area contributed by atoms with E-state index in [9.17, 15) is 4.79 Å². The van der Waals surface area contributed by atoms with Crippen LogP contribution in [0.4, 0.5) is 0 Å². The molecule has 3 rings (SSSR count). The average molecular weight is 237 g/mol. The van der Waals surface area contributed by atoms with Crippen LogP contribution >= 0.6 is 0 Å². The van der Waals surface area contributed by atoms with Gasteiger partial charge in [-0.3, -0.25) is 4.79 Å². The zero-order valence-electron chi connectivity index (χ0n) is 10.9. The van der Waals surface area contributed by atoms with Crippen LogP contribution in [-0.4, -0.2) is 36.1 Å². The van der Waals surface area contributed by atoms with Crippen molar-refractivity contribution in [2.45, 2.75) is 58.0 Å². The van der Waals surface area contributed by atoms with Gasteiger partial charge in [-0.1, -0.05) is 13.8 Å². The Hall–Kier alpha value is -0.570. The molecule has 3 fully saturated rings. The molecule has 2 bridgehead atoms. The number of hydrogen-bond acceptors (Lipinski definition) is 2. The normalized spacial score (nSPS) is 39.6. The Kier molecular flexibility index (Phi) is 2.69. The third kappa shape index (κ3) is 1.99. The summed E-state index contributed by atoms with van der Waals surface area (Å²) in [5.41, 5.74) is 0.425. The minimum atomic E-state index is 0.152. The highest BCUT2D eigenvalue weighted by molar-refractivity contribution is 5.80. The first-order valence-corrected chi connectivity index (χ1v) is 6.97. The second kappa shape index (κ2) is 3.98. The molecule has 3 saturated heterocycles. The van der Waals surface area contributed by atoms with Crippen LogP contribution in [0.1, 0.15) is 46.0 Å². The fourth-order valence-corrected chi connectivity index (χ4v) is 4.02. The summed E-state index contributed by atoms with van der Waals surface area (Å²) >= 11 is 0. The van der Waals surface area contributed by atoms with Crippen molar-refractivity contribution in [3.05, 3.63) is 0 Å². The molecule has 3 unspecified atom stereocenters. The number of ether oxygens (including phenoxy) is 1. The summed E-state index contributed by atoms with van der Waals surface area (Å²) in [6.45, 7) is 6.11. The molecular formula is C14H23NO2. The highest BCUT2D eigenvalue weighted by Crippen LogP contribution is 2.45. The smallest absolute Gasteiger partial charge is 0.228 e. The SMILES string of the molecule is CC1(C)CC2CCC(C1)N2C(=O)C1CCOC1. The fraction of sp³-hybridized carbons (Fsp3) is 0.929. The highest BCUT2D eigenvalue weighted by Gasteiger charge is 2.47. The van der Waals surface area contributed by atoms with Crippen molar-refractivity contribution in [3.8, 4) is 0 Å². The van der Waals surface area contributed by atoms with E-state index in [1.54, 1.807) is 0 Å². The van der Waals surface area contributed by atoms with Gasteiger partial charge in [-0.25, -0.2) is 0 Å². The Morgan fingerprint density at radius 2 is 1.82 bits per heavy atom. The summed E-state index contributed by atoms with van der Waals surface area (Å²) in [5.74, 6) is 0.532. The molecule has 0 aromatic rings. The number of amides is 1. The Balaban J connectivity index is 1.74. The Morgan fingerprint density at radius 1 is 1.18 bits per heavy atom. The summed E-state index contributed by atoms with van der Waals surface area (Å²) in [4.78, 5) is 14.7. The van der Waals surface area contributed by atoms with E-state index >= 15 is 0 Å². The maximum Gasteiger partial charge on any atom is 0.228 e. The highest BCUT2D eigenvalue weighted by atomic mass is 16.5. The van der Waals surface area contributed by atoms with Gasteiger partial charge in [0.15, 0.2) is 0 Å². The number of carbonyl (C=O) groups is 1. The monoisotopic (exact) mass is 237 g/mol. The molecule has 0 spiro atoms. The third-order valence-electron chi connectivity index (χ3n) is 4.73. The predicted molar refractivity (Wildman–Crippen MR) is 65.6 cm³/mol. The van der Waals surface area contributed by atoms with Crippen molar-refractivity contribution in [1.82, 2.24) is 4.90 Å². The topological polar surface area (TPSA) is 29.5 Å². The van der Waals surface area contributed by atoms with E-state index in [0.717, 1.165) is 13.0 Å². The fourth-order valence-electron chi connectivity index (χ4n) is 4.02. The second-order valence-electron chi connectivity index (χ2n) is 6.76. The van der Waals surface area contributed by atoms with Crippen LogP contribution in [0.15, 0.2) is 0 Å². The first-order valence-electron chi connectivity index (χ1n) is 6.97. The molecule has 3 aliphatic heterocycles. The molecule has 3 heteroatoms. The van der Waals surface area contributed by atoms with Gasteiger partial charge < -0.3 is 9.64 Å². The number of carbonyl (C=O) groups excluding carboxylic acids is 1. The molecule has 0 N–H and O–H groups in total. The molecule has 1 amide bonds. The minimum absolute atomic E-state index is 0.152. The molecule has 0 aliphatic carbocycles. The van der Waals surface area contributed by atoms with Crippen LogP contribution in [0.2, 0.25) is 0 Å². The predicted octanol–water partition coefficient (Wildman–Crippen LogP) is 2.20. The van der Waals surface area contributed by atoms with E-state index in [0.29, 0.717) is 30.0 Å². The van der Waals surface area contributed by atoms with Crippen molar-refractivity contribution in [1.29, 1.82) is 0 Å². The van der Waals surface area contributed by atoms with E-state index < -0.39 is 0 Å². The van der Waals surface area contributed by atoms with Crippen LogP contribution in [-0.2, 0) is 9.53 Å². The Labute approximate surface area is 104 Å². The molecule has 17 heavy (non-hydrogen) atoms. The van der Waals surface area contributed by atoms with Gasteiger partial charge in [0.2, 0.25) is 5.91 Å². The average Bonchev–Trinajstić information content (AvgIpc) is 2.84. The van der Waals surface area contributed by atoms with E-state index in [-0.39, 0.29) is 5.92 Å². The van der Waals surface area contributed by atoms with Crippen molar-refractivity contribution in [2.24, 2.45) is 11.3 Å². The Bertz CT molecular complexity index is 304. The van der Waals surface area contributed by atoms with Crippen molar-refractivity contribution >= 4 is 5.91 Å². The zero-order valence-corrected chi connectivity index (χ0v) is 10.9. The summed E-state index contributed by atoms with van der Waals surface area (Å²) in [6.07, 6.45) is 5.73. The van der Waals surface area contributed by atoms with Crippen molar-refractivity contribution < 1.29 is 9.53 Å². The van der Waals surface area contributed by atoms with Crippen LogP contribution in [0.25, 0.3) is 0 Å². The van der Waals surface area contributed by atoms with Crippen LogP contribution in [0, 0.1) is 11.3 Å². The van der Waals surface area contributed by atoms with E-state index in [4.69, 9.17) is 4.74 Å². The molecule has 0 saturated carbocycles. The van der Waals surface area contributed by atoms with Gasteiger partial charge in [0, 0.05) is 18.7 Å². The van der Waals surface area contributed by atoms with E-state index in [1.807, 2.05) is 0 Å². The first kappa shape index (κ1) is 11.5. The molecule has 0 radical (unpaired) electrons. The lowest BCUT2D eigenvalue weighted by atomic mass is 9.78. The molecule has 96 valence electrons. The zero-order chi connectivity index (χ0) is 12.0. The molecule has 3 nitrogen and oxygen atoms in total. The van der Waals surface area contributed by atoms with Gasteiger partial charge in [0.1, 0.15) is 0 Å². The molecule has 3 atom stereocenters. The third-order valence-corrected chi connectivity index (χ3v) is 4.73. The lowest BCUT2D eigenvalue weighted by Crippen LogP contribution is -2.51. The molecule has 0 aromatic heterocycles. The van der Waals surface area contributed by atoms with Crippen molar-refractivity contribution in [3.63, 3.8) is 0 Å². The van der Waals surface area contributed by atoms with Crippen LogP contribution < -0.4 is 0 Å². The number of hydrogen-bond donors (Lipinski definition) is 0. The molecular weight excluding hydrogens is 214 g/mol. The molecule has 3 aliphatic rings. The van der Waals surface area contributed by atoms with E-state index in [1.165, 1.54) is 25.7 Å². The number of rotatable bonds is 1. The maximum atomic E-state index is 12.5. The van der Waals surface area contributed by atoms with Gasteiger partial charge in [-0.05, 0) is 37.5 Å². The maximum absolute atomic E-state index is 12.5. The number of piperidine rings is 1. The van der Waals surface area contributed by atoms with Gasteiger partial charge in [-0.15, -0.1) is 0 Å². The van der Waals surface area contributed by atoms with Gasteiger partial charge in [0.05, 0.1) is 12.5 Å². The Morgan fingerprint density at radius 3 is 2.35 bits per heavy atom. The summed E-state index contributed by atoms with van der Waals surface area (Å²) in [7, 11) is 0. The minimum Gasteiger partial charge on any atom is -0.381 e. The molecule has 0 aromatic carbocycles. The van der Waals surface area contributed by atoms with Crippen LogP contribution in [0.3, 0.4) is 0 Å². The van der Waals surface area contributed by atoms with Gasteiger partial charge >= 0.3 is 0 Å². The molecule has 3 heterocycles. The quantitative estimate of drug-likeness (QED) is 0.699. The summed E-state index contributed by atoms with van der Waals surface area (Å²) in [5, 5.41) is 0. The number of nitrogens with zero attached hydrogens (tertiary/aromatic N) is 1. The lowest BCUT2D eigenvalue weighted by molar-refractivity contribution is -0.141. The second-order valence-corrected chi connectivity index (χ2v) is 6.76. The van der Waals surface area contributed by atoms with Gasteiger partial charge in [0.25, 0.3) is 0 Å².